The van der Waals surface area contributed by atoms with Crippen molar-refractivity contribution >= 4 is 0 Å². The number of fused-ring (bicyclic) bond motifs is 1. The van der Waals surface area contributed by atoms with Crippen LogP contribution in [0.3, 0.4) is 0 Å². The van der Waals surface area contributed by atoms with Crippen molar-refractivity contribution in [3.8, 4) is 17.7 Å². The Balaban J connectivity index is 1.21. The molecule has 2 fully saturated rings. The smallest absolute Gasteiger partial charge is 0.231 e. The third-order valence-corrected chi connectivity index (χ3v) is 6.74. The van der Waals surface area contributed by atoms with Gasteiger partial charge in [-0.15, -0.1) is 0 Å². The van der Waals surface area contributed by atoms with Gasteiger partial charge in [0.1, 0.15) is 29.1 Å². The molecule has 0 radical (unpaired) electrons. The Labute approximate surface area is 172 Å². The van der Waals surface area contributed by atoms with Crippen LogP contribution in [0.5, 0.6) is 11.6 Å². The fraction of sp³-hybridized carbons (Fsp3) is 0.500. The predicted molar refractivity (Wildman–Crippen MR) is 110 cm³/mol. The lowest BCUT2D eigenvalue weighted by Gasteiger charge is -2.49. The van der Waals surface area contributed by atoms with Crippen molar-refractivity contribution < 1.29 is 9.47 Å². The summed E-state index contributed by atoms with van der Waals surface area (Å²) < 4.78 is 12.4. The number of aromatic nitrogens is 1. The van der Waals surface area contributed by atoms with Gasteiger partial charge in [0.2, 0.25) is 5.88 Å². The summed E-state index contributed by atoms with van der Waals surface area (Å²) in [6.07, 6.45) is 10.6. The van der Waals surface area contributed by atoms with Crippen LogP contribution in [0.25, 0.3) is 0 Å². The summed E-state index contributed by atoms with van der Waals surface area (Å²) in [6.45, 7) is 0. The first-order valence-electron chi connectivity index (χ1n) is 10.8. The molecule has 1 aliphatic heterocycles. The van der Waals surface area contributed by atoms with Crippen molar-refractivity contribution in [3.05, 3.63) is 53.7 Å². The highest BCUT2D eigenvalue weighted by molar-refractivity contribution is 5.39. The number of nitrogens with zero attached hydrogens (tertiary/aromatic N) is 2. The highest BCUT2D eigenvalue weighted by Gasteiger charge is 2.45. The van der Waals surface area contributed by atoms with E-state index in [1.807, 2.05) is 0 Å². The maximum atomic E-state index is 9.23. The molecule has 3 aliphatic rings. The number of nitrogens with one attached hydrogen (secondary N) is 1. The van der Waals surface area contributed by atoms with E-state index in [-0.39, 0.29) is 11.7 Å². The Kier molecular flexibility index (Phi) is 4.89. The molecule has 2 aromatic rings. The van der Waals surface area contributed by atoms with Crippen molar-refractivity contribution in [3.63, 3.8) is 0 Å². The third-order valence-electron chi connectivity index (χ3n) is 6.74. The Bertz CT molecular complexity index is 910. The van der Waals surface area contributed by atoms with E-state index in [2.05, 4.69) is 40.6 Å². The molecule has 150 valence electrons. The number of hydrogen-bond acceptors (Lipinski definition) is 5. The third kappa shape index (κ3) is 3.70. The molecule has 1 N–H and O–H groups in total. The number of rotatable bonds is 4. The Morgan fingerprint density at radius 3 is 2.69 bits per heavy atom. The number of benzene rings is 1. The summed E-state index contributed by atoms with van der Waals surface area (Å²) in [5.41, 5.74) is 1.87. The number of ether oxygens (including phenoxy) is 2. The van der Waals surface area contributed by atoms with E-state index >= 15 is 0 Å². The van der Waals surface area contributed by atoms with Crippen LogP contribution in [-0.2, 0) is 0 Å². The maximum absolute atomic E-state index is 9.23. The van der Waals surface area contributed by atoms with Gasteiger partial charge < -0.3 is 14.8 Å². The molecule has 2 saturated carbocycles. The van der Waals surface area contributed by atoms with Gasteiger partial charge in [0.05, 0.1) is 0 Å². The zero-order chi connectivity index (χ0) is 19.7. The molecular formula is C24H27N3O2. The fourth-order valence-corrected chi connectivity index (χ4v) is 5.00. The summed E-state index contributed by atoms with van der Waals surface area (Å²) >= 11 is 0. The van der Waals surface area contributed by atoms with Crippen LogP contribution >= 0.6 is 0 Å². The normalized spacial score (nSPS) is 27.2. The Hall–Kier alpha value is -2.58. The van der Waals surface area contributed by atoms with Crippen molar-refractivity contribution in [1.29, 1.82) is 5.26 Å². The van der Waals surface area contributed by atoms with Gasteiger partial charge in [0.15, 0.2) is 0 Å². The summed E-state index contributed by atoms with van der Waals surface area (Å²) in [4.78, 5) is 4.24. The fourth-order valence-electron chi connectivity index (χ4n) is 5.00. The second-order valence-corrected chi connectivity index (χ2v) is 8.66. The average Bonchev–Trinajstić information content (AvgIpc) is 2.74. The molecule has 5 rings (SSSR count). The van der Waals surface area contributed by atoms with Crippen molar-refractivity contribution in [2.45, 2.75) is 75.2 Å². The number of pyridine rings is 1. The number of para-hydroxylation sites is 1. The Morgan fingerprint density at radius 1 is 1.10 bits per heavy atom. The van der Waals surface area contributed by atoms with Gasteiger partial charge in [-0.1, -0.05) is 18.2 Å². The van der Waals surface area contributed by atoms with Crippen LogP contribution in [-0.4, -0.2) is 22.7 Å². The average molecular weight is 389 g/mol. The molecule has 5 nitrogen and oxygen atoms in total. The summed E-state index contributed by atoms with van der Waals surface area (Å²) in [7, 11) is 0. The van der Waals surface area contributed by atoms with E-state index in [1.54, 1.807) is 18.3 Å². The first-order valence-corrected chi connectivity index (χ1v) is 10.8. The molecule has 1 atom stereocenters. The quantitative estimate of drug-likeness (QED) is 0.822. The molecule has 1 aromatic carbocycles. The van der Waals surface area contributed by atoms with E-state index in [4.69, 9.17) is 9.47 Å². The topological polar surface area (TPSA) is 67.2 Å². The van der Waals surface area contributed by atoms with Gasteiger partial charge in [-0.05, 0) is 63.1 Å². The SMILES string of the molecule is N#Cc1cccnc1OC1CCC(NC2CC3(CCC3)Oc3ccccc32)CC1. The second kappa shape index (κ2) is 7.68. The van der Waals surface area contributed by atoms with Crippen LogP contribution in [0.4, 0.5) is 0 Å². The van der Waals surface area contributed by atoms with Gasteiger partial charge >= 0.3 is 0 Å². The van der Waals surface area contributed by atoms with Crippen LogP contribution in [0.2, 0.25) is 0 Å². The first kappa shape index (κ1) is 18.4. The van der Waals surface area contributed by atoms with E-state index in [1.165, 1.54) is 24.8 Å². The van der Waals surface area contributed by atoms with E-state index in [9.17, 15) is 5.26 Å². The van der Waals surface area contributed by atoms with Gasteiger partial charge in [0.25, 0.3) is 0 Å². The van der Waals surface area contributed by atoms with E-state index < -0.39 is 0 Å². The van der Waals surface area contributed by atoms with Gasteiger partial charge in [0, 0.05) is 30.3 Å². The van der Waals surface area contributed by atoms with Crippen molar-refractivity contribution in [2.75, 3.05) is 0 Å². The second-order valence-electron chi connectivity index (χ2n) is 8.66. The van der Waals surface area contributed by atoms with E-state index in [0.717, 1.165) is 37.9 Å². The van der Waals surface area contributed by atoms with Crippen LogP contribution in [0.15, 0.2) is 42.6 Å². The predicted octanol–water partition coefficient (Wildman–Crippen LogP) is 4.68. The molecule has 0 amide bonds. The summed E-state index contributed by atoms with van der Waals surface area (Å²) in [6, 6.07) is 15.1. The van der Waals surface area contributed by atoms with Crippen LogP contribution < -0.4 is 14.8 Å². The minimum absolute atomic E-state index is 0.0546. The molecule has 5 heteroatoms. The minimum Gasteiger partial charge on any atom is -0.487 e. The molecule has 1 spiro atoms. The van der Waals surface area contributed by atoms with Gasteiger partial charge in [-0.25, -0.2) is 4.98 Å². The molecule has 1 aromatic heterocycles. The minimum atomic E-state index is 0.0546. The highest BCUT2D eigenvalue weighted by atomic mass is 16.5. The van der Waals surface area contributed by atoms with Crippen LogP contribution in [0, 0.1) is 11.3 Å². The molecular weight excluding hydrogens is 362 g/mol. The van der Waals surface area contributed by atoms with Gasteiger partial charge in [-0.2, -0.15) is 5.26 Å². The molecule has 2 aliphatic carbocycles. The van der Waals surface area contributed by atoms with Gasteiger partial charge in [-0.3, -0.25) is 0 Å². The highest BCUT2D eigenvalue weighted by Crippen LogP contribution is 2.49. The Morgan fingerprint density at radius 2 is 1.93 bits per heavy atom. The largest absolute Gasteiger partial charge is 0.487 e. The zero-order valence-corrected chi connectivity index (χ0v) is 16.6. The lowest BCUT2D eigenvalue weighted by atomic mass is 9.72. The van der Waals surface area contributed by atoms with Crippen molar-refractivity contribution in [1.82, 2.24) is 10.3 Å². The number of nitriles is 1. The zero-order valence-electron chi connectivity index (χ0n) is 16.6. The van der Waals surface area contributed by atoms with Crippen molar-refractivity contribution in [2.24, 2.45) is 0 Å². The van der Waals surface area contributed by atoms with E-state index in [0.29, 0.717) is 23.5 Å². The maximum Gasteiger partial charge on any atom is 0.231 e. The van der Waals surface area contributed by atoms with Crippen LogP contribution in [0.1, 0.15) is 68.5 Å². The molecule has 1 unspecified atom stereocenters. The first-order chi connectivity index (χ1) is 14.2. The summed E-state index contributed by atoms with van der Waals surface area (Å²) in [5.74, 6) is 1.53. The monoisotopic (exact) mass is 389 g/mol. The summed E-state index contributed by atoms with van der Waals surface area (Å²) in [5, 5.41) is 13.2. The lowest BCUT2D eigenvalue weighted by molar-refractivity contribution is -0.0389. The standard InChI is InChI=1S/C24H27N3O2/c25-16-17-5-3-14-26-23(17)28-19-10-8-18(9-11-19)27-21-15-24(12-4-13-24)29-22-7-2-1-6-20(21)22/h1-3,5-7,14,18-19,21,27H,4,8-13,15H2. The molecule has 29 heavy (non-hydrogen) atoms. The molecule has 0 bridgehead atoms. The lowest BCUT2D eigenvalue weighted by Crippen LogP contribution is -2.50. The number of hydrogen-bond donors (Lipinski definition) is 1. The molecule has 0 saturated heterocycles. The molecule has 2 heterocycles.